The zero-order chi connectivity index (χ0) is 33.2. The van der Waals surface area contributed by atoms with Crippen LogP contribution in [0.1, 0.15) is 69.0 Å². The van der Waals surface area contributed by atoms with Crippen molar-refractivity contribution in [3.05, 3.63) is 107 Å². The van der Waals surface area contributed by atoms with Crippen molar-refractivity contribution in [2.75, 3.05) is 20.3 Å². The van der Waals surface area contributed by atoms with Gasteiger partial charge in [-0.1, -0.05) is 49.8 Å². The van der Waals surface area contributed by atoms with E-state index in [9.17, 15) is 9.18 Å². The van der Waals surface area contributed by atoms with Crippen LogP contribution in [-0.2, 0) is 14.3 Å². The first-order valence-corrected chi connectivity index (χ1v) is 16.1. The lowest BCUT2D eigenvalue weighted by Gasteiger charge is -2.30. The molecule has 0 aliphatic carbocycles. The van der Waals surface area contributed by atoms with Crippen LogP contribution in [0.3, 0.4) is 0 Å². The molecule has 0 saturated carbocycles. The molecule has 0 radical (unpaired) electrons. The van der Waals surface area contributed by atoms with Crippen LogP contribution >= 0.6 is 0 Å². The molecule has 1 aromatic heterocycles. The Balaban J connectivity index is 1.69. The van der Waals surface area contributed by atoms with Crippen molar-refractivity contribution < 1.29 is 23.4 Å². The van der Waals surface area contributed by atoms with Crippen LogP contribution in [0.2, 0.25) is 0 Å². The van der Waals surface area contributed by atoms with Crippen LogP contribution in [0.5, 0.6) is 5.75 Å². The minimum atomic E-state index is -0.632. The molecular formula is C39H47FN2O4. The molecule has 0 bridgehead atoms. The maximum atomic E-state index is 14.4. The number of benzene rings is 2. The highest BCUT2D eigenvalue weighted by atomic mass is 19.1. The van der Waals surface area contributed by atoms with Crippen LogP contribution in [0.15, 0.2) is 78.6 Å². The number of aromatic amines is 1. The summed E-state index contributed by atoms with van der Waals surface area (Å²) in [7, 11) is 1.43. The minimum absolute atomic E-state index is 0.0959. The molecule has 0 spiro atoms. The van der Waals surface area contributed by atoms with Crippen LogP contribution in [-0.4, -0.2) is 36.3 Å². The fraction of sp³-hybridized carbons (Fsp3) is 0.385. The molecule has 2 heterocycles. The third kappa shape index (κ3) is 8.25. The Bertz CT molecular complexity index is 1620. The number of halogens is 1. The van der Waals surface area contributed by atoms with Gasteiger partial charge in [-0.05, 0) is 105 Å². The normalized spacial score (nSPS) is 15.5. The average Bonchev–Trinajstić information content (AvgIpc) is 3.30. The summed E-state index contributed by atoms with van der Waals surface area (Å²) in [5.41, 5.74) is 6.40. The van der Waals surface area contributed by atoms with E-state index in [0.717, 1.165) is 53.1 Å². The highest BCUT2D eigenvalue weighted by Gasteiger charge is 2.37. The van der Waals surface area contributed by atoms with E-state index in [2.05, 4.69) is 56.4 Å². The van der Waals surface area contributed by atoms with E-state index in [-0.39, 0.29) is 23.6 Å². The van der Waals surface area contributed by atoms with Gasteiger partial charge in [0.05, 0.1) is 31.6 Å². The quantitative estimate of drug-likeness (QED) is 0.143. The molecule has 4 rings (SSSR count). The molecule has 7 heteroatoms. The SMILES string of the molecule is C=CCC(C)C(C/C=C\c1nc(-c2ccccc2F)[nH]c1C)C(C(=O)OC)C1=CC(c2ccc(OCCC)cc2C)=C(C)CCO1. The Kier molecular flexibility index (Phi) is 12.2. The van der Waals surface area contributed by atoms with Crippen LogP contribution < -0.4 is 4.74 Å². The van der Waals surface area contributed by atoms with Crippen molar-refractivity contribution in [2.45, 2.75) is 60.3 Å². The standard InChI is InChI=1S/C39H47FN2O4/c1-8-13-25(3)31(15-12-17-35-28(6)41-38(42-35)32-14-10-11-16-34(32)40)37(39(43)44-7)36-24-33(26(4)20-22-46-36)30-19-18-29(23-27(30)5)45-21-9-2/h8,10-12,14,16-19,23-25,31,37H,1,9,13,15,20-22H2,2-7H3,(H,41,42)/b17-12-. The summed E-state index contributed by atoms with van der Waals surface area (Å²) in [5, 5.41) is 0. The van der Waals surface area contributed by atoms with E-state index >= 15 is 0 Å². The number of aryl methyl sites for hydroxylation is 2. The number of hydrogen-bond acceptors (Lipinski definition) is 5. The molecular weight excluding hydrogens is 579 g/mol. The number of nitrogens with zero attached hydrogens (tertiary/aromatic N) is 1. The number of H-pyrrole nitrogens is 1. The van der Waals surface area contributed by atoms with Crippen molar-refractivity contribution in [2.24, 2.45) is 17.8 Å². The number of allylic oxidation sites excluding steroid dienone is 4. The number of hydrogen-bond donors (Lipinski definition) is 1. The topological polar surface area (TPSA) is 73.4 Å². The lowest BCUT2D eigenvalue weighted by Crippen LogP contribution is -2.32. The first-order chi connectivity index (χ1) is 22.2. The Hall–Kier alpha value is -4.39. The summed E-state index contributed by atoms with van der Waals surface area (Å²) in [6.45, 7) is 15.4. The number of carbonyl (C=O) groups excluding carboxylic acids is 1. The number of imidazole rings is 1. The van der Waals surface area contributed by atoms with Gasteiger partial charge in [-0.2, -0.15) is 0 Å². The first-order valence-electron chi connectivity index (χ1n) is 16.1. The zero-order valence-corrected chi connectivity index (χ0v) is 28.0. The predicted molar refractivity (Wildman–Crippen MR) is 184 cm³/mol. The summed E-state index contributed by atoms with van der Waals surface area (Å²) in [6.07, 6.45) is 10.9. The fourth-order valence-corrected chi connectivity index (χ4v) is 6.02. The molecule has 244 valence electrons. The van der Waals surface area contributed by atoms with Gasteiger partial charge in [-0.15, -0.1) is 6.58 Å². The Morgan fingerprint density at radius 3 is 2.63 bits per heavy atom. The van der Waals surface area contributed by atoms with Gasteiger partial charge in [-0.25, -0.2) is 9.37 Å². The second kappa shape index (κ2) is 16.3. The molecule has 1 N–H and O–H groups in total. The van der Waals surface area contributed by atoms with Crippen LogP contribution in [0, 0.1) is 37.4 Å². The van der Waals surface area contributed by atoms with Crippen molar-refractivity contribution in [3.8, 4) is 17.1 Å². The molecule has 3 atom stereocenters. The van der Waals surface area contributed by atoms with Gasteiger partial charge >= 0.3 is 5.97 Å². The molecule has 1 aliphatic rings. The predicted octanol–water partition coefficient (Wildman–Crippen LogP) is 9.42. The summed E-state index contributed by atoms with van der Waals surface area (Å²) in [4.78, 5) is 21.5. The summed E-state index contributed by atoms with van der Waals surface area (Å²) in [5.74, 6) is 0.581. The highest BCUT2D eigenvalue weighted by molar-refractivity contribution is 5.82. The number of nitrogens with one attached hydrogen (secondary N) is 1. The Labute approximate surface area is 273 Å². The second-order valence-electron chi connectivity index (χ2n) is 12.0. The zero-order valence-electron chi connectivity index (χ0n) is 28.0. The molecule has 0 fully saturated rings. The highest BCUT2D eigenvalue weighted by Crippen LogP contribution is 2.39. The molecule has 0 amide bonds. The molecule has 6 nitrogen and oxygen atoms in total. The smallest absolute Gasteiger partial charge is 0.316 e. The monoisotopic (exact) mass is 626 g/mol. The number of aromatic nitrogens is 2. The summed E-state index contributed by atoms with van der Waals surface area (Å²) in [6, 6.07) is 12.7. The van der Waals surface area contributed by atoms with Crippen molar-refractivity contribution >= 4 is 17.6 Å². The third-order valence-corrected chi connectivity index (χ3v) is 8.65. The Morgan fingerprint density at radius 2 is 1.93 bits per heavy atom. The van der Waals surface area contributed by atoms with Gasteiger partial charge in [0.2, 0.25) is 0 Å². The molecule has 0 saturated heterocycles. The van der Waals surface area contributed by atoms with E-state index in [0.29, 0.717) is 36.8 Å². The van der Waals surface area contributed by atoms with Gasteiger partial charge in [-0.3, -0.25) is 4.79 Å². The van der Waals surface area contributed by atoms with Crippen molar-refractivity contribution in [3.63, 3.8) is 0 Å². The summed E-state index contributed by atoms with van der Waals surface area (Å²) < 4.78 is 32.1. The largest absolute Gasteiger partial charge is 0.497 e. The van der Waals surface area contributed by atoms with Crippen LogP contribution in [0.25, 0.3) is 23.0 Å². The maximum absolute atomic E-state index is 14.4. The Morgan fingerprint density at radius 1 is 1.15 bits per heavy atom. The lowest BCUT2D eigenvalue weighted by molar-refractivity contribution is -0.148. The van der Waals surface area contributed by atoms with E-state index in [1.807, 2.05) is 37.3 Å². The number of carbonyl (C=O) groups is 1. The van der Waals surface area contributed by atoms with E-state index in [1.165, 1.54) is 18.7 Å². The fourth-order valence-electron chi connectivity index (χ4n) is 6.02. The van der Waals surface area contributed by atoms with E-state index in [1.54, 1.807) is 18.2 Å². The first kappa shape index (κ1) is 34.5. The van der Waals surface area contributed by atoms with Gasteiger partial charge in [0.1, 0.15) is 29.1 Å². The molecule has 3 unspecified atom stereocenters. The average molecular weight is 627 g/mol. The molecule has 3 aromatic rings. The van der Waals surface area contributed by atoms with Gasteiger partial charge in [0.15, 0.2) is 0 Å². The second-order valence-corrected chi connectivity index (χ2v) is 12.0. The van der Waals surface area contributed by atoms with Gasteiger partial charge in [0.25, 0.3) is 0 Å². The van der Waals surface area contributed by atoms with Crippen LogP contribution in [0.4, 0.5) is 4.39 Å². The van der Waals surface area contributed by atoms with Gasteiger partial charge in [0, 0.05) is 12.1 Å². The molecule has 1 aliphatic heterocycles. The molecule has 2 aromatic carbocycles. The third-order valence-electron chi connectivity index (χ3n) is 8.65. The van der Waals surface area contributed by atoms with E-state index in [4.69, 9.17) is 14.2 Å². The number of ether oxygens (including phenoxy) is 3. The number of methoxy groups -OCH3 is 1. The van der Waals surface area contributed by atoms with Crippen molar-refractivity contribution in [1.82, 2.24) is 9.97 Å². The van der Waals surface area contributed by atoms with Crippen molar-refractivity contribution in [1.29, 1.82) is 0 Å². The molecule has 46 heavy (non-hydrogen) atoms. The minimum Gasteiger partial charge on any atom is -0.497 e. The van der Waals surface area contributed by atoms with Gasteiger partial charge < -0.3 is 19.2 Å². The lowest BCUT2D eigenvalue weighted by atomic mass is 9.77. The maximum Gasteiger partial charge on any atom is 0.316 e. The number of rotatable bonds is 14. The summed E-state index contributed by atoms with van der Waals surface area (Å²) >= 11 is 0. The van der Waals surface area contributed by atoms with E-state index < -0.39 is 5.92 Å². The number of esters is 1.